The van der Waals surface area contributed by atoms with Gasteiger partial charge in [0.2, 0.25) is 0 Å². The number of rotatable bonds is 4. The van der Waals surface area contributed by atoms with Crippen LogP contribution in [-0.4, -0.2) is 58.1 Å². The molecule has 1 rings (SSSR count). The molecule has 106 valence electrons. The molecule has 0 amide bonds. The van der Waals surface area contributed by atoms with Gasteiger partial charge in [0.25, 0.3) is 0 Å². The van der Waals surface area contributed by atoms with Gasteiger partial charge in [-0.2, -0.15) is 8.78 Å². The third kappa shape index (κ3) is 3.38. The molecule has 0 spiro atoms. The Balaban J connectivity index is 2.55. The second-order valence-electron chi connectivity index (χ2n) is 3.24. The van der Waals surface area contributed by atoms with Gasteiger partial charge in [-0.1, -0.05) is 0 Å². The van der Waals surface area contributed by atoms with Gasteiger partial charge in [-0.3, -0.25) is 0 Å². The fourth-order valence-electron chi connectivity index (χ4n) is 1.07. The molecule has 0 aromatic heterocycles. The van der Waals surface area contributed by atoms with Crippen molar-refractivity contribution in [1.29, 1.82) is 0 Å². The van der Waals surface area contributed by atoms with Crippen LogP contribution in [0.3, 0.4) is 0 Å². The Bertz CT molecular complexity index is 387. The van der Waals surface area contributed by atoms with Crippen LogP contribution in [0.25, 0.3) is 0 Å². The molecule has 0 saturated carbocycles. The summed E-state index contributed by atoms with van der Waals surface area (Å²) in [5.74, 6) is -9.61. The van der Waals surface area contributed by atoms with Gasteiger partial charge in [0, 0.05) is 0 Å². The lowest BCUT2D eigenvalue weighted by molar-refractivity contribution is -0.184. The molecule has 0 aliphatic carbocycles. The zero-order valence-electron chi connectivity index (χ0n) is 9.88. The summed E-state index contributed by atoms with van der Waals surface area (Å²) in [6, 6.07) is 0. The van der Waals surface area contributed by atoms with Crippen LogP contribution in [0.1, 0.15) is 0 Å². The maximum Gasteiger partial charge on any atom is 0.716 e. The van der Waals surface area contributed by atoms with Crippen molar-refractivity contribution in [2.75, 3.05) is 20.8 Å². The molecule has 1 atom stereocenters. The maximum absolute atomic E-state index is 13.0. The van der Waals surface area contributed by atoms with Gasteiger partial charge in [0.1, 0.15) is 0 Å². The van der Waals surface area contributed by atoms with Crippen LogP contribution in [0.2, 0.25) is 0 Å². The molecule has 1 fully saturated rings. The number of carbonyl (C=O) groups is 3. The van der Waals surface area contributed by atoms with E-state index in [9.17, 15) is 23.2 Å². The molecule has 0 aromatic carbocycles. The van der Waals surface area contributed by atoms with E-state index in [1.54, 1.807) is 0 Å². The third-order valence-corrected chi connectivity index (χ3v) is 2.02. The first kappa shape index (κ1) is 15.3. The average molecular weight is 282 g/mol. The van der Waals surface area contributed by atoms with E-state index < -0.39 is 37.3 Å². The first-order valence-electron chi connectivity index (χ1n) is 4.85. The summed E-state index contributed by atoms with van der Waals surface area (Å²) in [5.41, 5.74) is 0. The minimum absolute atomic E-state index is 0.339. The van der Waals surface area contributed by atoms with E-state index in [4.69, 9.17) is 0 Å². The highest BCUT2D eigenvalue weighted by molar-refractivity contribution is 6.41. The number of ether oxygens (including phenoxy) is 2. The van der Waals surface area contributed by atoms with E-state index in [0.29, 0.717) is 7.11 Å². The van der Waals surface area contributed by atoms with Crippen molar-refractivity contribution in [3.8, 4) is 0 Å². The lowest BCUT2D eigenvalue weighted by Gasteiger charge is -2.13. The van der Waals surface area contributed by atoms with Crippen molar-refractivity contribution in [2.24, 2.45) is 0 Å². The lowest BCUT2D eigenvalue weighted by atomic mass is 10.2. The predicted octanol–water partition coefficient (Wildman–Crippen LogP) is -1.09. The molecule has 19 heavy (non-hydrogen) atoms. The topological polar surface area (TPSA) is 97.4 Å². The molecular formula is C8H9BF2O8. The van der Waals surface area contributed by atoms with Crippen LogP contribution in [0.5, 0.6) is 0 Å². The second-order valence-corrected chi connectivity index (χ2v) is 3.24. The van der Waals surface area contributed by atoms with Crippen LogP contribution in [0.4, 0.5) is 8.78 Å². The lowest BCUT2D eigenvalue weighted by Crippen LogP contribution is -2.43. The molecular weight excluding hydrogens is 273 g/mol. The molecule has 0 N–H and O–H groups in total. The maximum atomic E-state index is 13.0. The Morgan fingerprint density at radius 1 is 1.21 bits per heavy atom. The average Bonchev–Trinajstić information content (AvgIpc) is 2.84. The zero-order chi connectivity index (χ0) is 14.6. The van der Waals surface area contributed by atoms with Gasteiger partial charge >= 0.3 is 31.2 Å². The number of halogens is 2. The summed E-state index contributed by atoms with van der Waals surface area (Å²) in [4.78, 5) is 32.7. The van der Waals surface area contributed by atoms with Crippen molar-refractivity contribution in [2.45, 2.75) is 12.0 Å². The quantitative estimate of drug-likeness (QED) is 0.364. The van der Waals surface area contributed by atoms with Gasteiger partial charge in [-0.25, -0.2) is 14.4 Å². The standard InChI is InChI=1S/C8H9BF2O8/c1-15-5(12)4-3-17-9(18-4)19-7(14)8(10,11)6(13)16-2/h4H,3H2,1-2H3. The minimum atomic E-state index is -4.50. The van der Waals surface area contributed by atoms with Gasteiger partial charge in [0.15, 0.2) is 6.10 Å². The van der Waals surface area contributed by atoms with E-state index in [1.165, 1.54) is 0 Å². The van der Waals surface area contributed by atoms with E-state index in [0.717, 1.165) is 7.11 Å². The number of carbonyl (C=O) groups excluding carboxylic acids is 3. The Hall–Kier alpha value is -1.75. The fraction of sp³-hybridized carbons (Fsp3) is 0.625. The first-order chi connectivity index (χ1) is 8.82. The molecule has 8 nitrogen and oxygen atoms in total. The summed E-state index contributed by atoms with van der Waals surface area (Å²) in [7, 11) is -0.0670. The molecule has 1 aliphatic rings. The summed E-state index contributed by atoms with van der Waals surface area (Å²) >= 11 is 0. The predicted molar refractivity (Wildman–Crippen MR) is 51.7 cm³/mol. The van der Waals surface area contributed by atoms with Crippen molar-refractivity contribution < 1.29 is 46.6 Å². The molecule has 0 radical (unpaired) electrons. The third-order valence-electron chi connectivity index (χ3n) is 2.02. The van der Waals surface area contributed by atoms with E-state index in [-0.39, 0.29) is 6.61 Å². The highest BCUT2D eigenvalue weighted by atomic mass is 19.3. The van der Waals surface area contributed by atoms with Crippen LogP contribution >= 0.6 is 0 Å². The minimum Gasteiger partial charge on any atom is -0.480 e. The van der Waals surface area contributed by atoms with Crippen molar-refractivity contribution in [1.82, 2.24) is 0 Å². The molecule has 0 aromatic rings. The van der Waals surface area contributed by atoms with E-state index in [1.807, 2.05) is 0 Å². The van der Waals surface area contributed by atoms with Gasteiger partial charge < -0.3 is 23.4 Å². The number of methoxy groups -OCH3 is 2. The summed E-state index contributed by atoms with van der Waals surface area (Å²) in [6.45, 7) is -0.339. The van der Waals surface area contributed by atoms with Crippen molar-refractivity contribution in [3.05, 3.63) is 0 Å². The molecule has 0 bridgehead atoms. The number of esters is 2. The highest BCUT2D eigenvalue weighted by Crippen LogP contribution is 2.20. The van der Waals surface area contributed by atoms with Crippen LogP contribution in [-0.2, 0) is 37.8 Å². The number of hydrogen-bond acceptors (Lipinski definition) is 8. The SMILES string of the molecule is COC(=O)C1COB(OC(=O)C(F)(F)C(=O)OC)O1. The summed E-state index contributed by atoms with van der Waals surface area (Å²) in [5, 5.41) is 0. The van der Waals surface area contributed by atoms with Crippen LogP contribution in [0, 0.1) is 0 Å². The molecule has 1 heterocycles. The normalized spacial score (nSPS) is 18.9. The van der Waals surface area contributed by atoms with Gasteiger partial charge in [-0.15, -0.1) is 0 Å². The van der Waals surface area contributed by atoms with Crippen LogP contribution in [0.15, 0.2) is 0 Å². The smallest absolute Gasteiger partial charge is 0.480 e. The molecule has 1 saturated heterocycles. The van der Waals surface area contributed by atoms with E-state index in [2.05, 4.69) is 23.4 Å². The number of hydrogen-bond donors (Lipinski definition) is 0. The summed E-state index contributed by atoms with van der Waals surface area (Å²) < 4.78 is 47.5. The van der Waals surface area contributed by atoms with Crippen molar-refractivity contribution >= 4 is 25.2 Å². The van der Waals surface area contributed by atoms with Crippen LogP contribution < -0.4 is 0 Å². The Morgan fingerprint density at radius 2 is 1.84 bits per heavy atom. The van der Waals surface area contributed by atoms with E-state index >= 15 is 0 Å². The van der Waals surface area contributed by atoms with Gasteiger partial charge in [0.05, 0.1) is 20.8 Å². The Morgan fingerprint density at radius 3 is 2.37 bits per heavy atom. The Kier molecular flexibility index (Phi) is 4.78. The van der Waals surface area contributed by atoms with Crippen molar-refractivity contribution in [3.63, 3.8) is 0 Å². The molecule has 1 unspecified atom stereocenters. The first-order valence-corrected chi connectivity index (χ1v) is 4.85. The Labute approximate surface area is 106 Å². The summed E-state index contributed by atoms with van der Waals surface area (Å²) in [6.07, 6.45) is -1.20. The second kappa shape index (κ2) is 5.93. The molecule has 1 aliphatic heterocycles. The van der Waals surface area contributed by atoms with Gasteiger partial charge in [-0.05, 0) is 0 Å². The zero-order valence-corrected chi connectivity index (χ0v) is 9.88. The highest BCUT2D eigenvalue weighted by Gasteiger charge is 2.54. The largest absolute Gasteiger partial charge is 0.716 e. The molecule has 11 heteroatoms. The monoisotopic (exact) mass is 282 g/mol. The fourth-order valence-corrected chi connectivity index (χ4v) is 1.07. The number of alkyl halides is 2.